The molecule has 86 valence electrons. The first kappa shape index (κ1) is 12.1. The van der Waals surface area contributed by atoms with Crippen molar-refractivity contribution in [2.45, 2.75) is 20.0 Å². The summed E-state index contributed by atoms with van der Waals surface area (Å²) in [6.07, 6.45) is 1.85. The summed E-state index contributed by atoms with van der Waals surface area (Å²) in [5.41, 5.74) is 2.31. The second-order valence-corrected chi connectivity index (χ2v) is 6.05. The van der Waals surface area contributed by atoms with Crippen LogP contribution in [0.25, 0.3) is 0 Å². The fourth-order valence-electron chi connectivity index (χ4n) is 1.35. The maximum absolute atomic E-state index is 5.96. The van der Waals surface area contributed by atoms with Crippen molar-refractivity contribution in [3.8, 4) is 0 Å². The lowest BCUT2D eigenvalue weighted by atomic mass is 10.2. The molecule has 0 amide bonds. The maximum atomic E-state index is 5.96. The number of rotatable bonds is 4. The smallest absolute Gasteiger partial charge is 0.107 e. The van der Waals surface area contributed by atoms with E-state index in [0.717, 1.165) is 27.6 Å². The molecule has 0 saturated carbocycles. The Kier molecular flexibility index (Phi) is 4.02. The minimum Gasteiger partial charge on any atom is -0.308 e. The topological polar surface area (TPSA) is 40.7 Å². The second-order valence-electron chi connectivity index (χ2n) is 3.46. The molecule has 2 aromatic heterocycles. The summed E-state index contributed by atoms with van der Waals surface area (Å²) in [5, 5.41) is 10.2. The minimum absolute atomic E-state index is 0.802. The fourth-order valence-corrected chi connectivity index (χ4v) is 3.11. The molecule has 0 saturated heterocycles. The number of halogens is 2. The number of nitrogens with zero attached hydrogens (tertiary/aromatic N) is 1. The molecule has 2 rings (SSSR count). The quantitative estimate of drug-likeness (QED) is 0.905. The zero-order valence-electron chi connectivity index (χ0n) is 8.68. The molecule has 3 nitrogen and oxygen atoms in total. The SMILES string of the molecule is Cc1[nH]ncc1CNCc1cc(Br)c(Cl)s1. The molecule has 0 fully saturated rings. The molecule has 0 atom stereocenters. The van der Waals surface area contributed by atoms with Crippen molar-refractivity contribution in [2.75, 3.05) is 0 Å². The molecule has 0 aliphatic heterocycles. The Morgan fingerprint density at radius 1 is 1.56 bits per heavy atom. The number of hydrogen-bond donors (Lipinski definition) is 2. The van der Waals surface area contributed by atoms with Crippen molar-refractivity contribution in [2.24, 2.45) is 0 Å². The molecule has 16 heavy (non-hydrogen) atoms. The van der Waals surface area contributed by atoms with Crippen LogP contribution in [-0.4, -0.2) is 10.2 Å². The predicted molar refractivity (Wildman–Crippen MR) is 70.9 cm³/mol. The third-order valence-corrected chi connectivity index (χ3v) is 4.72. The molecule has 0 unspecified atom stereocenters. The van der Waals surface area contributed by atoms with Gasteiger partial charge in [0.05, 0.1) is 6.20 Å². The number of thiophene rings is 1. The van der Waals surface area contributed by atoms with Gasteiger partial charge >= 0.3 is 0 Å². The Balaban J connectivity index is 1.87. The van der Waals surface area contributed by atoms with Gasteiger partial charge in [0.25, 0.3) is 0 Å². The van der Waals surface area contributed by atoms with Crippen molar-refractivity contribution in [3.05, 3.63) is 37.2 Å². The van der Waals surface area contributed by atoms with E-state index in [4.69, 9.17) is 11.6 Å². The maximum Gasteiger partial charge on any atom is 0.107 e. The second kappa shape index (κ2) is 5.31. The van der Waals surface area contributed by atoms with Crippen LogP contribution in [-0.2, 0) is 13.1 Å². The predicted octanol–water partition coefficient (Wildman–Crippen LogP) is 3.49. The number of aryl methyl sites for hydroxylation is 1. The summed E-state index contributed by atoms with van der Waals surface area (Å²) in [7, 11) is 0. The van der Waals surface area contributed by atoms with E-state index in [-0.39, 0.29) is 0 Å². The van der Waals surface area contributed by atoms with E-state index in [1.54, 1.807) is 11.3 Å². The van der Waals surface area contributed by atoms with Crippen LogP contribution in [0.3, 0.4) is 0 Å². The molecule has 0 radical (unpaired) electrons. The first-order valence-electron chi connectivity index (χ1n) is 4.80. The Hall–Kier alpha value is -0.360. The number of H-pyrrole nitrogens is 1. The molecular weight excluding hydrogens is 310 g/mol. The molecule has 0 aliphatic carbocycles. The van der Waals surface area contributed by atoms with Gasteiger partial charge in [-0.05, 0) is 28.9 Å². The van der Waals surface area contributed by atoms with Gasteiger partial charge < -0.3 is 5.32 Å². The Morgan fingerprint density at radius 3 is 2.94 bits per heavy atom. The fraction of sp³-hybridized carbons (Fsp3) is 0.300. The van der Waals surface area contributed by atoms with E-state index in [1.807, 2.05) is 19.2 Å². The summed E-state index contributed by atoms with van der Waals surface area (Å²) in [6, 6.07) is 2.04. The van der Waals surface area contributed by atoms with Gasteiger partial charge in [0.1, 0.15) is 4.34 Å². The zero-order chi connectivity index (χ0) is 11.5. The highest BCUT2D eigenvalue weighted by Crippen LogP contribution is 2.31. The first-order chi connectivity index (χ1) is 7.66. The molecule has 2 aromatic rings. The van der Waals surface area contributed by atoms with Crippen LogP contribution >= 0.6 is 38.9 Å². The Morgan fingerprint density at radius 2 is 2.38 bits per heavy atom. The molecule has 2 N–H and O–H groups in total. The van der Waals surface area contributed by atoms with E-state index in [1.165, 1.54) is 10.4 Å². The molecule has 6 heteroatoms. The molecular formula is C10H11BrClN3S. The zero-order valence-corrected chi connectivity index (χ0v) is 11.8. The van der Waals surface area contributed by atoms with Crippen molar-refractivity contribution < 1.29 is 0 Å². The lowest BCUT2D eigenvalue weighted by Crippen LogP contribution is -2.11. The van der Waals surface area contributed by atoms with Crippen LogP contribution in [0.15, 0.2) is 16.7 Å². The van der Waals surface area contributed by atoms with E-state index in [0.29, 0.717) is 0 Å². The summed E-state index contributed by atoms with van der Waals surface area (Å²) in [5.74, 6) is 0. The highest BCUT2D eigenvalue weighted by atomic mass is 79.9. The molecule has 2 heterocycles. The standard InChI is InChI=1S/C10H11BrClN3S/c1-6-7(4-14-15-6)3-13-5-8-2-9(11)10(12)16-8/h2,4,13H,3,5H2,1H3,(H,14,15). The van der Waals surface area contributed by atoms with Gasteiger partial charge in [-0.3, -0.25) is 5.10 Å². The van der Waals surface area contributed by atoms with Crippen LogP contribution in [0.2, 0.25) is 4.34 Å². The molecule has 0 bridgehead atoms. The van der Waals surface area contributed by atoms with Gasteiger partial charge in [-0.2, -0.15) is 5.10 Å². The highest BCUT2D eigenvalue weighted by Gasteiger charge is 2.04. The normalized spacial score (nSPS) is 10.9. The van der Waals surface area contributed by atoms with Crippen LogP contribution in [0.4, 0.5) is 0 Å². The number of aromatic nitrogens is 2. The minimum atomic E-state index is 0.802. The third-order valence-electron chi connectivity index (χ3n) is 2.25. The van der Waals surface area contributed by atoms with E-state index in [9.17, 15) is 0 Å². The summed E-state index contributed by atoms with van der Waals surface area (Å²) in [4.78, 5) is 1.22. The van der Waals surface area contributed by atoms with Crippen LogP contribution in [0.5, 0.6) is 0 Å². The van der Waals surface area contributed by atoms with Crippen molar-refractivity contribution >= 4 is 38.9 Å². The van der Waals surface area contributed by atoms with E-state index < -0.39 is 0 Å². The number of hydrogen-bond acceptors (Lipinski definition) is 3. The molecule has 0 aliphatic rings. The average Bonchev–Trinajstić information content (AvgIpc) is 2.76. The molecule has 0 spiro atoms. The summed E-state index contributed by atoms with van der Waals surface area (Å²) >= 11 is 10.9. The van der Waals surface area contributed by atoms with Gasteiger partial charge in [-0.15, -0.1) is 11.3 Å². The Labute approximate surface area is 111 Å². The largest absolute Gasteiger partial charge is 0.308 e. The van der Waals surface area contributed by atoms with E-state index >= 15 is 0 Å². The van der Waals surface area contributed by atoms with Gasteiger partial charge in [0.2, 0.25) is 0 Å². The van der Waals surface area contributed by atoms with Crippen molar-refractivity contribution in [1.29, 1.82) is 0 Å². The van der Waals surface area contributed by atoms with Gasteiger partial charge in [0, 0.05) is 33.7 Å². The van der Waals surface area contributed by atoms with Crippen LogP contribution < -0.4 is 5.32 Å². The van der Waals surface area contributed by atoms with Gasteiger partial charge in [-0.25, -0.2) is 0 Å². The lowest BCUT2D eigenvalue weighted by molar-refractivity contribution is 0.698. The van der Waals surface area contributed by atoms with Gasteiger partial charge in [0.15, 0.2) is 0 Å². The highest BCUT2D eigenvalue weighted by molar-refractivity contribution is 9.10. The Bertz CT molecular complexity index is 461. The summed E-state index contributed by atoms with van der Waals surface area (Å²) in [6.45, 7) is 3.65. The van der Waals surface area contributed by atoms with Crippen molar-refractivity contribution in [1.82, 2.24) is 15.5 Å². The van der Waals surface area contributed by atoms with Crippen molar-refractivity contribution in [3.63, 3.8) is 0 Å². The first-order valence-corrected chi connectivity index (χ1v) is 6.79. The summed E-state index contributed by atoms with van der Waals surface area (Å²) < 4.78 is 1.77. The average molecular weight is 321 g/mol. The monoisotopic (exact) mass is 319 g/mol. The third kappa shape index (κ3) is 2.85. The van der Waals surface area contributed by atoms with Gasteiger partial charge in [-0.1, -0.05) is 11.6 Å². The molecule has 0 aromatic carbocycles. The van der Waals surface area contributed by atoms with Crippen LogP contribution in [0, 0.1) is 6.92 Å². The van der Waals surface area contributed by atoms with E-state index in [2.05, 4.69) is 31.4 Å². The number of aromatic amines is 1. The van der Waals surface area contributed by atoms with Crippen LogP contribution in [0.1, 0.15) is 16.1 Å². The number of nitrogens with one attached hydrogen (secondary N) is 2. The lowest BCUT2D eigenvalue weighted by Gasteiger charge is -2.01.